The molecule has 0 radical (unpaired) electrons. The number of hydrogen-bond acceptors (Lipinski definition) is 6. The zero-order valence-electron chi connectivity index (χ0n) is 25.2. The number of fused-ring (bicyclic) bond motifs is 2. The van der Waals surface area contributed by atoms with E-state index in [-0.39, 0.29) is 0 Å². The number of hydrogen-bond donors (Lipinski definition) is 2. The van der Waals surface area contributed by atoms with E-state index in [2.05, 4.69) is 22.1 Å². The number of primary amides is 2. The van der Waals surface area contributed by atoms with Crippen LogP contribution in [-0.4, -0.2) is 30.9 Å². The third kappa shape index (κ3) is 5.40. The van der Waals surface area contributed by atoms with E-state index < -0.39 is 17.8 Å². The van der Waals surface area contributed by atoms with Crippen LogP contribution < -0.4 is 11.5 Å². The lowest BCUT2D eigenvalue weighted by Gasteiger charge is -2.08. The van der Waals surface area contributed by atoms with E-state index in [0.29, 0.717) is 44.4 Å². The third-order valence-corrected chi connectivity index (χ3v) is 8.09. The average Bonchev–Trinajstić information content (AvgIpc) is 3.44. The van der Waals surface area contributed by atoms with Gasteiger partial charge in [-0.05, 0) is 78.6 Å². The average molecular weight is 633 g/mol. The number of benzene rings is 2. The number of carbonyl (C=O) groups excluding carboxylic acids is 2. The first-order chi connectivity index (χ1) is 21.9. The van der Waals surface area contributed by atoms with Gasteiger partial charge in [0.15, 0.2) is 0 Å². The molecular weight excluding hydrogens is 607 g/mol. The molecular formula is C34H26ClFN8O2. The van der Waals surface area contributed by atoms with Gasteiger partial charge in [0.2, 0.25) is 5.95 Å². The first kappa shape index (κ1) is 31.4. The normalized spacial score (nSPS) is 10.7. The van der Waals surface area contributed by atoms with Crippen LogP contribution in [0.25, 0.3) is 44.1 Å². The van der Waals surface area contributed by atoms with Gasteiger partial charge >= 0.3 is 0 Å². The maximum Gasteiger partial charge on any atom is 0.265 e. The number of halogens is 2. The summed E-state index contributed by atoms with van der Waals surface area (Å²) in [5, 5.41) is 20.5. The maximum absolute atomic E-state index is 13.5. The van der Waals surface area contributed by atoms with Crippen molar-refractivity contribution in [3.8, 4) is 34.4 Å². The minimum absolute atomic E-state index is 0.360. The molecule has 2 amide bonds. The van der Waals surface area contributed by atoms with Crippen LogP contribution in [0.15, 0.2) is 60.9 Å². The fraction of sp³-hybridized carbons (Fsp3) is 0.118. The molecule has 0 aliphatic heterocycles. The largest absolute Gasteiger partial charge is 0.364 e. The molecule has 2 aromatic carbocycles. The Morgan fingerprint density at radius 1 is 0.761 bits per heavy atom. The molecule has 228 valence electrons. The lowest BCUT2D eigenvalue weighted by atomic mass is 9.99. The highest BCUT2D eigenvalue weighted by Crippen LogP contribution is 2.36. The van der Waals surface area contributed by atoms with Crippen molar-refractivity contribution < 1.29 is 14.0 Å². The molecule has 12 heteroatoms. The highest BCUT2D eigenvalue weighted by atomic mass is 35.5. The summed E-state index contributed by atoms with van der Waals surface area (Å²) in [6.07, 6.45) is 2.97. The van der Waals surface area contributed by atoms with Crippen molar-refractivity contribution in [3.05, 3.63) is 106 Å². The lowest BCUT2D eigenvalue weighted by molar-refractivity contribution is 0.0984. The molecule has 0 unspecified atom stereocenters. The zero-order chi connectivity index (χ0) is 33.4. The fourth-order valence-corrected chi connectivity index (χ4v) is 6.13. The molecule has 0 atom stereocenters. The van der Waals surface area contributed by atoms with Crippen molar-refractivity contribution in [3.63, 3.8) is 0 Å². The van der Waals surface area contributed by atoms with Gasteiger partial charge in [-0.25, -0.2) is 9.97 Å². The van der Waals surface area contributed by atoms with Crippen molar-refractivity contribution in [2.75, 3.05) is 0 Å². The number of pyridine rings is 2. The molecule has 0 saturated carbocycles. The number of aromatic nitrogens is 4. The SMILES string of the molecule is Cc1c(C(N)=O)n(C)c2c(-c3ccnc(Cl)c3)cc(C#N)cc12.Cc1c(C(N)=O)n(C)c2c(-c3ccnc(F)c3)cc(C#N)cc12. The van der Waals surface area contributed by atoms with Crippen LogP contribution in [0.3, 0.4) is 0 Å². The molecule has 10 nitrogen and oxygen atoms in total. The van der Waals surface area contributed by atoms with Crippen molar-refractivity contribution in [2.45, 2.75) is 13.8 Å². The fourth-order valence-electron chi connectivity index (χ4n) is 5.95. The monoisotopic (exact) mass is 632 g/mol. The van der Waals surface area contributed by atoms with Gasteiger partial charge in [-0.2, -0.15) is 14.9 Å². The Morgan fingerprint density at radius 2 is 1.20 bits per heavy atom. The van der Waals surface area contributed by atoms with E-state index >= 15 is 0 Å². The van der Waals surface area contributed by atoms with E-state index in [1.807, 2.05) is 13.0 Å². The highest BCUT2D eigenvalue weighted by molar-refractivity contribution is 6.29. The van der Waals surface area contributed by atoms with E-state index in [9.17, 15) is 24.5 Å². The predicted octanol–water partition coefficient (Wildman–Crippen LogP) is 5.83. The first-order valence-electron chi connectivity index (χ1n) is 13.8. The third-order valence-electron chi connectivity index (χ3n) is 7.88. The van der Waals surface area contributed by atoms with Gasteiger partial charge in [-0.1, -0.05) is 11.6 Å². The molecule has 0 fully saturated rings. The molecule has 0 spiro atoms. The number of rotatable bonds is 4. The van der Waals surface area contributed by atoms with Crippen molar-refractivity contribution in [1.29, 1.82) is 10.5 Å². The smallest absolute Gasteiger partial charge is 0.265 e. The second kappa shape index (κ2) is 12.2. The Hall–Kier alpha value is -6.04. The zero-order valence-corrected chi connectivity index (χ0v) is 25.9. The molecule has 4 heterocycles. The number of carbonyl (C=O) groups is 2. The van der Waals surface area contributed by atoms with Crippen LogP contribution >= 0.6 is 11.6 Å². The Kier molecular flexibility index (Phi) is 8.29. The van der Waals surface area contributed by atoms with E-state index in [4.69, 9.17) is 23.1 Å². The molecule has 46 heavy (non-hydrogen) atoms. The highest BCUT2D eigenvalue weighted by Gasteiger charge is 2.21. The van der Waals surface area contributed by atoms with Gasteiger partial charge in [-0.15, -0.1) is 0 Å². The molecule has 0 aliphatic carbocycles. The minimum atomic E-state index is -0.612. The van der Waals surface area contributed by atoms with Crippen LogP contribution in [0.1, 0.15) is 43.2 Å². The van der Waals surface area contributed by atoms with E-state index in [1.165, 1.54) is 12.3 Å². The van der Waals surface area contributed by atoms with E-state index in [1.54, 1.807) is 72.7 Å². The summed E-state index contributed by atoms with van der Waals surface area (Å²) >= 11 is 5.99. The Balaban J connectivity index is 0.000000181. The molecule has 0 aliphatic rings. The Morgan fingerprint density at radius 3 is 1.59 bits per heavy atom. The number of nitrogens with two attached hydrogens (primary N) is 2. The van der Waals surface area contributed by atoms with Gasteiger partial charge in [0, 0.05) is 54.5 Å². The lowest BCUT2D eigenvalue weighted by Crippen LogP contribution is -2.16. The van der Waals surface area contributed by atoms with Crippen LogP contribution in [0.4, 0.5) is 4.39 Å². The molecule has 0 bridgehead atoms. The van der Waals surface area contributed by atoms with Gasteiger partial charge in [0.25, 0.3) is 11.8 Å². The molecule has 4 aromatic heterocycles. The second-order valence-electron chi connectivity index (χ2n) is 10.6. The van der Waals surface area contributed by atoms with Crippen molar-refractivity contribution in [1.82, 2.24) is 19.1 Å². The molecule has 0 saturated heterocycles. The van der Waals surface area contributed by atoms with Crippen molar-refractivity contribution >= 4 is 45.2 Å². The number of nitrogens with zero attached hydrogens (tertiary/aromatic N) is 6. The van der Waals surface area contributed by atoms with Gasteiger partial charge < -0.3 is 20.6 Å². The predicted molar refractivity (Wildman–Crippen MR) is 173 cm³/mol. The first-order valence-corrected chi connectivity index (χ1v) is 14.1. The van der Waals surface area contributed by atoms with Gasteiger partial charge in [0.05, 0.1) is 34.3 Å². The standard InChI is InChI=1S/C17H13ClN4O.C17H13FN4O/c2*1-9-12-5-10(8-19)6-13(11-3-4-21-14(18)7-11)16(12)22(2)15(9)17(20)23/h2*3-7H,1-2H3,(H2,20,23). The van der Waals surface area contributed by atoms with Crippen LogP contribution in [0, 0.1) is 42.5 Å². The summed E-state index contributed by atoms with van der Waals surface area (Å²) in [4.78, 5) is 31.0. The summed E-state index contributed by atoms with van der Waals surface area (Å²) in [6.45, 7) is 3.60. The quantitative estimate of drug-likeness (QED) is 0.232. The minimum Gasteiger partial charge on any atom is -0.364 e. The van der Waals surface area contributed by atoms with Gasteiger partial charge in [0.1, 0.15) is 16.5 Å². The number of amides is 2. The topological polar surface area (TPSA) is 169 Å². The summed E-state index contributed by atoms with van der Waals surface area (Å²) in [5.41, 5.74) is 18.6. The summed E-state index contributed by atoms with van der Waals surface area (Å²) in [5.74, 6) is -1.66. The molecule has 4 N–H and O–H groups in total. The Bertz CT molecular complexity index is 2160. The second-order valence-corrected chi connectivity index (χ2v) is 11.0. The number of nitriles is 2. The molecule has 6 aromatic rings. The maximum atomic E-state index is 13.5. The van der Waals surface area contributed by atoms with E-state index in [0.717, 1.165) is 38.5 Å². The summed E-state index contributed by atoms with van der Waals surface area (Å²) in [7, 11) is 3.51. The van der Waals surface area contributed by atoms with Gasteiger partial charge in [-0.3, -0.25) is 9.59 Å². The Labute approximate surface area is 267 Å². The van der Waals surface area contributed by atoms with Crippen LogP contribution in [-0.2, 0) is 14.1 Å². The van der Waals surface area contributed by atoms with Crippen LogP contribution in [0.2, 0.25) is 5.15 Å². The summed E-state index contributed by atoms with van der Waals surface area (Å²) < 4.78 is 16.9. The van der Waals surface area contributed by atoms with Crippen LogP contribution in [0.5, 0.6) is 0 Å². The summed E-state index contributed by atoms with van der Waals surface area (Å²) in [6, 6.07) is 17.7. The van der Waals surface area contributed by atoms with Crippen molar-refractivity contribution in [2.24, 2.45) is 25.6 Å². The number of aryl methyl sites for hydroxylation is 4. The molecule has 6 rings (SSSR count).